The molecule has 1 aromatic carbocycles. The number of fused-ring (bicyclic) bond motifs is 1. The molecule has 2 heterocycles. The van der Waals surface area contributed by atoms with Gasteiger partial charge in [0.15, 0.2) is 0 Å². The van der Waals surface area contributed by atoms with Gasteiger partial charge in [-0.1, -0.05) is 6.07 Å². The zero-order chi connectivity index (χ0) is 15.7. The minimum Gasteiger partial charge on any atom is -0.497 e. The van der Waals surface area contributed by atoms with Crippen LogP contribution >= 0.6 is 0 Å². The Morgan fingerprint density at radius 2 is 2.00 bits per heavy atom. The van der Waals surface area contributed by atoms with Crippen molar-refractivity contribution in [2.24, 2.45) is 5.18 Å². The molecular formula is C16H15N3O3. The van der Waals surface area contributed by atoms with Crippen molar-refractivity contribution in [1.29, 1.82) is 0 Å². The SMILES string of the molecule is COc1ccc(OC)c(-c2nc3c(C)cccn3c2N=O)c1. The summed E-state index contributed by atoms with van der Waals surface area (Å²) in [6.45, 7) is 1.93. The van der Waals surface area contributed by atoms with Crippen LogP contribution in [-0.2, 0) is 0 Å². The van der Waals surface area contributed by atoms with Gasteiger partial charge in [-0.25, -0.2) is 4.98 Å². The number of hydrogen-bond donors (Lipinski definition) is 0. The fourth-order valence-corrected chi connectivity index (χ4v) is 2.46. The molecule has 0 N–H and O–H groups in total. The number of hydrogen-bond acceptors (Lipinski definition) is 5. The Balaban J connectivity index is 2.35. The van der Waals surface area contributed by atoms with Crippen LogP contribution in [0.25, 0.3) is 16.9 Å². The normalized spacial score (nSPS) is 10.7. The number of benzene rings is 1. The van der Waals surface area contributed by atoms with Crippen LogP contribution in [0.1, 0.15) is 5.56 Å². The van der Waals surface area contributed by atoms with Gasteiger partial charge in [0.2, 0.25) is 5.82 Å². The van der Waals surface area contributed by atoms with Crippen molar-refractivity contribution in [2.75, 3.05) is 14.2 Å². The van der Waals surface area contributed by atoms with Gasteiger partial charge in [-0.2, -0.15) is 0 Å². The van der Waals surface area contributed by atoms with E-state index in [1.165, 1.54) is 0 Å². The molecule has 0 radical (unpaired) electrons. The lowest BCUT2D eigenvalue weighted by atomic mass is 10.1. The summed E-state index contributed by atoms with van der Waals surface area (Å²) >= 11 is 0. The highest BCUT2D eigenvalue weighted by Gasteiger charge is 2.19. The first-order chi connectivity index (χ1) is 10.7. The van der Waals surface area contributed by atoms with Crippen LogP contribution in [0, 0.1) is 11.8 Å². The van der Waals surface area contributed by atoms with Gasteiger partial charge >= 0.3 is 0 Å². The van der Waals surface area contributed by atoms with Crippen molar-refractivity contribution in [3.8, 4) is 22.8 Å². The molecule has 0 saturated carbocycles. The smallest absolute Gasteiger partial charge is 0.209 e. The van der Waals surface area contributed by atoms with Crippen LogP contribution in [0.2, 0.25) is 0 Å². The maximum absolute atomic E-state index is 11.4. The maximum Gasteiger partial charge on any atom is 0.209 e. The van der Waals surface area contributed by atoms with Crippen LogP contribution in [0.3, 0.4) is 0 Å². The minimum absolute atomic E-state index is 0.241. The van der Waals surface area contributed by atoms with E-state index in [1.807, 2.05) is 19.1 Å². The van der Waals surface area contributed by atoms with Gasteiger partial charge in [0.25, 0.3) is 0 Å². The summed E-state index contributed by atoms with van der Waals surface area (Å²) < 4.78 is 12.3. The van der Waals surface area contributed by atoms with Crippen LogP contribution < -0.4 is 9.47 Å². The molecule has 0 fully saturated rings. The van der Waals surface area contributed by atoms with Crippen LogP contribution in [0.5, 0.6) is 11.5 Å². The summed E-state index contributed by atoms with van der Waals surface area (Å²) in [5.41, 5.74) is 2.79. The van der Waals surface area contributed by atoms with Crippen molar-refractivity contribution >= 4 is 11.5 Å². The zero-order valence-corrected chi connectivity index (χ0v) is 12.5. The van der Waals surface area contributed by atoms with Crippen molar-refractivity contribution in [3.05, 3.63) is 47.0 Å². The predicted octanol–water partition coefficient (Wildman–Crippen LogP) is 3.72. The van der Waals surface area contributed by atoms with Crippen LogP contribution in [0.4, 0.5) is 5.82 Å². The highest BCUT2D eigenvalue weighted by molar-refractivity contribution is 5.80. The Labute approximate surface area is 127 Å². The van der Waals surface area contributed by atoms with Gasteiger partial charge in [-0.15, -0.1) is 4.91 Å². The molecule has 6 nitrogen and oxygen atoms in total. The maximum atomic E-state index is 11.4. The molecule has 2 aromatic heterocycles. The monoisotopic (exact) mass is 297 g/mol. The molecule has 3 aromatic rings. The molecule has 0 bridgehead atoms. The van der Waals surface area contributed by atoms with E-state index in [4.69, 9.17) is 9.47 Å². The molecule has 6 heteroatoms. The molecule has 0 unspecified atom stereocenters. The number of nitroso groups, excluding NO2 is 1. The lowest BCUT2D eigenvalue weighted by Crippen LogP contribution is -1.90. The van der Waals surface area contributed by atoms with Gasteiger partial charge < -0.3 is 9.47 Å². The summed E-state index contributed by atoms with van der Waals surface area (Å²) in [6.07, 6.45) is 1.77. The van der Waals surface area contributed by atoms with Crippen molar-refractivity contribution < 1.29 is 9.47 Å². The third-order valence-corrected chi connectivity index (χ3v) is 3.57. The molecule has 0 saturated heterocycles. The largest absolute Gasteiger partial charge is 0.497 e. The molecule has 22 heavy (non-hydrogen) atoms. The molecule has 0 aliphatic carbocycles. The number of rotatable bonds is 4. The van der Waals surface area contributed by atoms with Gasteiger partial charge in [-0.3, -0.25) is 4.40 Å². The summed E-state index contributed by atoms with van der Waals surface area (Å²) in [4.78, 5) is 15.9. The summed E-state index contributed by atoms with van der Waals surface area (Å²) in [7, 11) is 3.15. The quantitative estimate of drug-likeness (QED) is 0.688. The Morgan fingerprint density at radius 1 is 1.18 bits per heavy atom. The Hall–Kier alpha value is -2.89. The lowest BCUT2D eigenvalue weighted by molar-refractivity contribution is 0.404. The summed E-state index contributed by atoms with van der Waals surface area (Å²) in [5.74, 6) is 1.50. The van der Waals surface area contributed by atoms with E-state index in [0.717, 1.165) is 5.56 Å². The van der Waals surface area contributed by atoms with E-state index < -0.39 is 0 Å². The lowest BCUT2D eigenvalue weighted by Gasteiger charge is -2.08. The second-order valence-electron chi connectivity index (χ2n) is 4.83. The summed E-state index contributed by atoms with van der Waals surface area (Å²) in [5, 5.41) is 3.16. The number of nitrogens with zero attached hydrogens (tertiary/aromatic N) is 3. The van der Waals surface area contributed by atoms with E-state index in [0.29, 0.717) is 28.4 Å². The fourth-order valence-electron chi connectivity index (χ4n) is 2.46. The number of aryl methyl sites for hydroxylation is 1. The molecule has 112 valence electrons. The Morgan fingerprint density at radius 3 is 2.68 bits per heavy atom. The van der Waals surface area contributed by atoms with Crippen molar-refractivity contribution in [2.45, 2.75) is 6.92 Å². The Bertz CT molecular complexity index is 855. The average Bonchev–Trinajstić information content (AvgIpc) is 2.94. The second-order valence-corrected chi connectivity index (χ2v) is 4.83. The van der Waals surface area contributed by atoms with Gasteiger partial charge in [0.1, 0.15) is 22.8 Å². The number of ether oxygens (including phenoxy) is 2. The first kappa shape index (κ1) is 14.1. The van der Waals surface area contributed by atoms with Crippen molar-refractivity contribution in [1.82, 2.24) is 9.38 Å². The highest BCUT2D eigenvalue weighted by atomic mass is 16.5. The van der Waals surface area contributed by atoms with E-state index in [9.17, 15) is 4.91 Å². The van der Waals surface area contributed by atoms with E-state index >= 15 is 0 Å². The number of methoxy groups -OCH3 is 2. The molecular weight excluding hydrogens is 282 g/mol. The van der Waals surface area contributed by atoms with Gasteiger partial charge in [0, 0.05) is 11.8 Å². The number of imidazole rings is 1. The van der Waals surface area contributed by atoms with E-state index in [2.05, 4.69) is 10.2 Å². The molecule has 0 aliphatic rings. The van der Waals surface area contributed by atoms with Crippen LogP contribution in [-0.4, -0.2) is 23.6 Å². The second kappa shape index (κ2) is 5.48. The fraction of sp³-hybridized carbons (Fsp3) is 0.188. The highest BCUT2D eigenvalue weighted by Crippen LogP contribution is 2.38. The molecule has 0 amide bonds. The van der Waals surface area contributed by atoms with E-state index in [1.54, 1.807) is 43.0 Å². The van der Waals surface area contributed by atoms with Crippen molar-refractivity contribution in [3.63, 3.8) is 0 Å². The third kappa shape index (κ3) is 2.09. The first-order valence-corrected chi connectivity index (χ1v) is 6.73. The third-order valence-electron chi connectivity index (χ3n) is 3.57. The summed E-state index contributed by atoms with van der Waals surface area (Å²) in [6, 6.07) is 9.14. The topological polar surface area (TPSA) is 65.2 Å². The first-order valence-electron chi connectivity index (χ1n) is 6.73. The van der Waals surface area contributed by atoms with Gasteiger partial charge in [-0.05, 0) is 41.9 Å². The minimum atomic E-state index is 0.241. The average molecular weight is 297 g/mol. The number of aromatic nitrogens is 2. The van der Waals surface area contributed by atoms with Gasteiger partial charge in [0.05, 0.1) is 14.2 Å². The zero-order valence-electron chi connectivity index (χ0n) is 12.5. The standard InChI is InChI=1S/C16H15N3O3/c1-10-5-4-8-19-15(10)17-14(16(19)18-20)12-9-11(21-2)6-7-13(12)22-3/h4-9H,1-3H3. The molecule has 0 atom stereocenters. The molecule has 0 spiro atoms. The molecule has 3 rings (SSSR count). The number of pyridine rings is 1. The predicted molar refractivity (Wildman–Crippen MR) is 83.9 cm³/mol. The van der Waals surface area contributed by atoms with Crippen LogP contribution in [0.15, 0.2) is 41.7 Å². The Kier molecular flexibility index (Phi) is 3.50. The molecule has 0 aliphatic heterocycles. The van der Waals surface area contributed by atoms with E-state index in [-0.39, 0.29) is 5.82 Å².